The van der Waals surface area contributed by atoms with Gasteiger partial charge in [0.05, 0.1) is 11.4 Å². The molecule has 1 unspecified atom stereocenters. The predicted molar refractivity (Wildman–Crippen MR) is 140 cm³/mol. The van der Waals surface area contributed by atoms with Gasteiger partial charge in [-0.15, -0.1) is 22.8 Å². The fourth-order valence-corrected chi connectivity index (χ4v) is 4.75. The number of halogens is 2. The maximum atomic E-state index is 12.7. The zero-order valence-electron chi connectivity index (χ0n) is 18.4. The Kier molecular flexibility index (Phi) is 5.98. The highest BCUT2D eigenvalue weighted by molar-refractivity contribution is 7.80. The molecule has 0 spiro atoms. The topological polar surface area (TPSA) is 52.7 Å². The van der Waals surface area contributed by atoms with Gasteiger partial charge in [0, 0.05) is 35.6 Å². The second-order valence-corrected chi connectivity index (χ2v) is 9.42. The summed E-state index contributed by atoms with van der Waals surface area (Å²) in [4.78, 5) is 12.7. The van der Waals surface area contributed by atoms with Gasteiger partial charge in [-0.1, -0.05) is 53.5 Å². The molecule has 5 rings (SSSR count). The Morgan fingerprint density at radius 2 is 1.56 bits per heavy atom. The third kappa shape index (κ3) is 4.02. The van der Waals surface area contributed by atoms with Gasteiger partial charge in [-0.25, -0.2) is 0 Å². The second-order valence-electron chi connectivity index (χ2n) is 8.14. The van der Waals surface area contributed by atoms with Crippen LogP contribution in [0.1, 0.15) is 22.9 Å². The number of aryl methyl sites for hydroxylation is 1. The van der Waals surface area contributed by atoms with Crippen molar-refractivity contribution in [2.45, 2.75) is 11.1 Å². The first-order chi connectivity index (χ1) is 16.3. The van der Waals surface area contributed by atoms with Gasteiger partial charge in [0.1, 0.15) is 5.82 Å². The Hall–Kier alpha value is -3.06. The SMILES string of the molecule is Cn1c(S)nnc1C(c1ccc(Cl)cc1)c1ccc2c(c1)c(-c1cccc(Cl)c1)cc(=O)n2C. The Morgan fingerprint density at radius 3 is 2.24 bits per heavy atom. The molecule has 0 radical (unpaired) electrons. The van der Waals surface area contributed by atoms with E-state index in [-0.39, 0.29) is 11.5 Å². The first-order valence-corrected chi connectivity index (χ1v) is 11.8. The Balaban J connectivity index is 1.80. The Morgan fingerprint density at radius 1 is 0.824 bits per heavy atom. The number of fused-ring (bicyclic) bond motifs is 1. The molecule has 3 aromatic carbocycles. The molecule has 0 bridgehead atoms. The molecule has 34 heavy (non-hydrogen) atoms. The normalized spacial score (nSPS) is 12.3. The van der Waals surface area contributed by atoms with Crippen molar-refractivity contribution in [3.8, 4) is 11.1 Å². The van der Waals surface area contributed by atoms with E-state index in [2.05, 4.69) is 28.9 Å². The van der Waals surface area contributed by atoms with Gasteiger partial charge in [-0.3, -0.25) is 4.79 Å². The van der Waals surface area contributed by atoms with Crippen LogP contribution in [0.4, 0.5) is 0 Å². The number of hydrogen-bond acceptors (Lipinski definition) is 4. The molecule has 0 N–H and O–H groups in total. The molecule has 0 aliphatic heterocycles. The number of aromatic nitrogens is 4. The van der Waals surface area contributed by atoms with E-state index in [1.165, 1.54) is 0 Å². The molecule has 5 nitrogen and oxygen atoms in total. The van der Waals surface area contributed by atoms with E-state index in [0.717, 1.165) is 39.0 Å². The molecule has 2 heterocycles. The highest BCUT2D eigenvalue weighted by Gasteiger charge is 2.24. The number of hydrogen-bond donors (Lipinski definition) is 1. The molecule has 0 amide bonds. The maximum absolute atomic E-state index is 12.7. The maximum Gasteiger partial charge on any atom is 0.251 e. The molecule has 1 atom stereocenters. The molecular weight excluding hydrogens is 487 g/mol. The quantitative estimate of drug-likeness (QED) is 0.299. The van der Waals surface area contributed by atoms with Gasteiger partial charge in [-0.05, 0) is 58.7 Å². The fourth-order valence-electron chi connectivity index (χ4n) is 4.28. The molecule has 8 heteroatoms. The number of benzene rings is 3. The molecule has 170 valence electrons. The van der Waals surface area contributed by atoms with E-state index in [4.69, 9.17) is 23.2 Å². The van der Waals surface area contributed by atoms with Gasteiger partial charge in [0.2, 0.25) is 0 Å². The minimum atomic E-state index is -0.218. The molecule has 0 saturated carbocycles. The lowest BCUT2D eigenvalue weighted by Gasteiger charge is -2.20. The Labute approximate surface area is 212 Å². The third-order valence-corrected chi connectivity index (χ3v) is 6.96. The molecule has 0 fully saturated rings. The van der Waals surface area contributed by atoms with Crippen molar-refractivity contribution in [3.63, 3.8) is 0 Å². The van der Waals surface area contributed by atoms with Crippen molar-refractivity contribution in [2.75, 3.05) is 0 Å². The van der Waals surface area contributed by atoms with Crippen molar-refractivity contribution in [2.24, 2.45) is 14.1 Å². The summed E-state index contributed by atoms with van der Waals surface area (Å²) in [7, 11) is 3.67. The van der Waals surface area contributed by atoms with Crippen LogP contribution in [0.5, 0.6) is 0 Å². The summed E-state index contributed by atoms with van der Waals surface area (Å²) in [5, 5.41) is 11.3. The number of pyridine rings is 1. The van der Waals surface area contributed by atoms with Crippen molar-refractivity contribution < 1.29 is 0 Å². The Bertz CT molecular complexity index is 1590. The lowest BCUT2D eigenvalue weighted by Crippen LogP contribution is -2.17. The number of nitrogens with zero attached hydrogens (tertiary/aromatic N) is 4. The summed E-state index contributed by atoms with van der Waals surface area (Å²) in [6.07, 6.45) is 0. The molecule has 2 aromatic heterocycles. The zero-order chi connectivity index (χ0) is 24.0. The van der Waals surface area contributed by atoms with Crippen LogP contribution in [0.3, 0.4) is 0 Å². The monoisotopic (exact) mass is 506 g/mol. The van der Waals surface area contributed by atoms with Gasteiger partial charge in [0.15, 0.2) is 5.16 Å². The lowest BCUT2D eigenvalue weighted by molar-refractivity contribution is 0.719. The summed E-state index contributed by atoms with van der Waals surface area (Å²) < 4.78 is 3.52. The molecule has 0 aliphatic rings. The average Bonchev–Trinajstić information content (AvgIpc) is 3.15. The van der Waals surface area contributed by atoms with Crippen LogP contribution in [-0.4, -0.2) is 19.3 Å². The van der Waals surface area contributed by atoms with Crippen LogP contribution in [0.25, 0.3) is 22.0 Å². The van der Waals surface area contributed by atoms with Gasteiger partial charge >= 0.3 is 0 Å². The summed E-state index contributed by atoms with van der Waals surface area (Å²) in [5.74, 6) is 0.533. The van der Waals surface area contributed by atoms with Crippen molar-refractivity contribution in [1.82, 2.24) is 19.3 Å². The van der Waals surface area contributed by atoms with E-state index in [1.807, 2.05) is 72.3 Å². The van der Waals surface area contributed by atoms with Crippen LogP contribution in [0.2, 0.25) is 10.0 Å². The summed E-state index contributed by atoms with van der Waals surface area (Å²) in [6.45, 7) is 0. The zero-order valence-corrected chi connectivity index (χ0v) is 20.8. The van der Waals surface area contributed by atoms with E-state index in [0.29, 0.717) is 15.2 Å². The smallest absolute Gasteiger partial charge is 0.251 e. The van der Waals surface area contributed by atoms with Crippen molar-refractivity contribution in [3.05, 3.63) is 110 Å². The van der Waals surface area contributed by atoms with Gasteiger partial charge in [-0.2, -0.15) is 0 Å². The van der Waals surface area contributed by atoms with Crippen LogP contribution in [-0.2, 0) is 14.1 Å². The second kappa shape index (κ2) is 8.95. The fraction of sp³-hybridized carbons (Fsp3) is 0.115. The van der Waals surface area contributed by atoms with E-state index in [9.17, 15) is 4.79 Å². The molecule has 0 saturated heterocycles. The highest BCUT2D eigenvalue weighted by atomic mass is 35.5. The first-order valence-electron chi connectivity index (χ1n) is 10.6. The first kappa shape index (κ1) is 22.7. The van der Waals surface area contributed by atoms with Crippen LogP contribution >= 0.6 is 35.8 Å². The minimum Gasteiger partial charge on any atom is -0.311 e. The molecule has 0 aliphatic carbocycles. The summed E-state index contributed by atoms with van der Waals surface area (Å²) in [5.41, 5.74) is 4.46. The largest absolute Gasteiger partial charge is 0.311 e. The average molecular weight is 507 g/mol. The van der Waals surface area contributed by atoms with Gasteiger partial charge in [0.25, 0.3) is 5.56 Å². The van der Waals surface area contributed by atoms with Crippen LogP contribution in [0.15, 0.2) is 82.7 Å². The van der Waals surface area contributed by atoms with Crippen molar-refractivity contribution in [1.29, 1.82) is 0 Å². The molecular formula is C26H20Cl2N4OS. The van der Waals surface area contributed by atoms with E-state index in [1.54, 1.807) is 17.7 Å². The van der Waals surface area contributed by atoms with E-state index < -0.39 is 0 Å². The highest BCUT2D eigenvalue weighted by Crippen LogP contribution is 2.36. The molecule has 5 aromatic rings. The number of rotatable bonds is 4. The van der Waals surface area contributed by atoms with Crippen LogP contribution in [0, 0.1) is 0 Å². The van der Waals surface area contributed by atoms with E-state index >= 15 is 0 Å². The lowest BCUT2D eigenvalue weighted by atomic mass is 9.88. The minimum absolute atomic E-state index is 0.0857. The van der Waals surface area contributed by atoms with Crippen LogP contribution < -0.4 is 5.56 Å². The summed E-state index contributed by atoms with van der Waals surface area (Å²) in [6, 6.07) is 23.0. The number of thiol groups is 1. The predicted octanol–water partition coefficient (Wildman–Crippen LogP) is 6.11. The van der Waals surface area contributed by atoms with Gasteiger partial charge < -0.3 is 9.13 Å². The summed E-state index contributed by atoms with van der Waals surface area (Å²) >= 11 is 16.9. The van der Waals surface area contributed by atoms with Crippen molar-refractivity contribution >= 4 is 46.7 Å². The third-order valence-electron chi connectivity index (χ3n) is 6.09. The standard InChI is InChI=1S/C26H20Cl2N4OS/c1-31-22-11-8-17(13-21(22)20(14-23(31)33)16-4-3-5-19(28)12-16)24(15-6-9-18(27)10-7-15)25-29-30-26(34)32(25)2/h3-14,24H,1-2H3,(H,30,34).